The fraction of sp³-hybridized carbons (Fsp3) is 0.0909. The number of fused-ring (bicyclic) bond motifs is 1. The van der Waals surface area contributed by atoms with E-state index in [2.05, 4.69) is 33.8 Å². The Balaban J connectivity index is 1.35. The van der Waals surface area contributed by atoms with E-state index in [1.165, 1.54) is 5.39 Å². The molecule has 27 heavy (non-hydrogen) atoms. The van der Waals surface area contributed by atoms with Gasteiger partial charge in [-0.05, 0) is 34.0 Å². The molecule has 0 aliphatic rings. The zero-order valence-electron chi connectivity index (χ0n) is 14.7. The third kappa shape index (κ3) is 3.98. The van der Waals surface area contributed by atoms with E-state index < -0.39 is 0 Å². The van der Waals surface area contributed by atoms with Gasteiger partial charge in [0.2, 0.25) is 0 Å². The van der Waals surface area contributed by atoms with Crippen LogP contribution in [0.5, 0.6) is 0 Å². The van der Waals surface area contributed by atoms with Crippen LogP contribution in [-0.2, 0) is 13.1 Å². The predicted octanol–water partition coefficient (Wildman–Crippen LogP) is 4.49. The predicted molar refractivity (Wildman–Crippen MR) is 105 cm³/mol. The number of amides is 2. The highest BCUT2D eigenvalue weighted by Gasteiger charge is 2.05. The summed E-state index contributed by atoms with van der Waals surface area (Å²) in [7, 11) is 0. The number of carbonyl (C=O) groups excluding carboxylic acids is 1. The summed E-state index contributed by atoms with van der Waals surface area (Å²) in [5.41, 5.74) is 3.94. The van der Waals surface area contributed by atoms with Crippen LogP contribution in [0.25, 0.3) is 21.9 Å². The van der Waals surface area contributed by atoms with Gasteiger partial charge in [0.15, 0.2) is 0 Å². The Hall–Kier alpha value is -3.60. The summed E-state index contributed by atoms with van der Waals surface area (Å²) in [4.78, 5) is 16.4. The van der Waals surface area contributed by atoms with Crippen LogP contribution in [0.3, 0.4) is 0 Å². The maximum Gasteiger partial charge on any atom is 0.315 e. The lowest BCUT2D eigenvalue weighted by Crippen LogP contribution is -2.34. The van der Waals surface area contributed by atoms with Crippen LogP contribution >= 0.6 is 0 Å². The van der Waals surface area contributed by atoms with Crippen molar-refractivity contribution in [3.8, 4) is 11.1 Å². The zero-order chi connectivity index (χ0) is 18.5. The van der Waals surface area contributed by atoms with Crippen LogP contribution < -0.4 is 10.6 Å². The Labute approximate surface area is 157 Å². The van der Waals surface area contributed by atoms with Gasteiger partial charge < -0.3 is 15.1 Å². The number of hydrogen-bond acceptors (Lipinski definition) is 3. The molecule has 2 N–H and O–H groups in total. The summed E-state index contributed by atoms with van der Waals surface area (Å²) >= 11 is 0. The van der Waals surface area contributed by atoms with Gasteiger partial charge in [0.25, 0.3) is 0 Å². The number of nitrogens with one attached hydrogen (secondary N) is 2. The SMILES string of the molecule is O=C(NCc1cncc(-c2ccoc2)c1)NCc1cccc2ccccc12. The van der Waals surface area contributed by atoms with Gasteiger partial charge in [-0.1, -0.05) is 42.5 Å². The molecule has 4 aromatic rings. The number of aromatic nitrogens is 1. The maximum atomic E-state index is 12.2. The van der Waals surface area contributed by atoms with Crippen molar-refractivity contribution in [2.75, 3.05) is 0 Å². The zero-order valence-corrected chi connectivity index (χ0v) is 14.7. The number of rotatable bonds is 5. The number of furan rings is 1. The van der Waals surface area contributed by atoms with Crippen LogP contribution in [0, 0.1) is 0 Å². The van der Waals surface area contributed by atoms with Crippen molar-refractivity contribution in [3.63, 3.8) is 0 Å². The molecule has 5 heteroatoms. The number of benzene rings is 2. The van der Waals surface area contributed by atoms with Crippen LogP contribution in [0.15, 0.2) is 83.9 Å². The normalized spacial score (nSPS) is 10.7. The molecular weight excluding hydrogens is 338 g/mol. The van der Waals surface area contributed by atoms with Gasteiger partial charge in [-0.25, -0.2) is 4.79 Å². The van der Waals surface area contributed by atoms with E-state index in [1.807, 2.05) is 36.4 Å². The van der Waals surface area contributed by atoms with Gasteiger partial charge in [0, 0.05) is 36.6 Å². The van der Waals surface area contributed by atoms with Gasteiger partial charge in [0.1, 0.15) is 0 Å². The molecule has 134 valence electrons. The summed E-state index contributed by atoms with van der Waals surface area (Å²) < 4.78 is 5.10. The van der Waals surface area contributed by atoms with Crippen molar-refractivity contribution in [2.45, 2.75) is 13.1 Å². The Bertz CT molecular complexity index is 1050. The summed E-state index contributed by atoms with van der Waals surface area (Å²) in [5.74, 6) is 0. The minimum atomic E-state index is -0.211. The van der Waals surface area contributed by atoms with E-state index in [0.717, 1.165) is 27.6 Å². The van der Waals surface area contributed by atoms with E-state index >= 15 is 0 Å². The smallest absolute Gasteiger partial charge is 0.315 e. The molecule has 0 saturated heterocycles. The minimum Gasteiger partial charge on any atom is -0.472 e. The van der Waals surface area contributed by atoms with Crippen molar-refractivity contribution < 1.29 is 9.21 Å². The highest BCUT2D eigenvalue weighted by atomic mass is 16.3. The minimum absolute atomic E-state index is 0.211. The molecule has 0 unspecified atom stereocenters. The van der Waals surface area contributed by atoms with E-state index in [0.29, 0.717) is 13.1 Å². The van der Waals surface area contributed by atoms with Gasteiger partial charge in [-0.2, -0.15) is 0 Å². The highest BCUT2D eigenvalue weighted by molar-refractivity contribution is 5.86. The molecule has 2 aromatic heterocycles. The summed E-state index contributed by atoms with van der Waals surface area (Å²) in [6.45, 7) is 0.876. The topological polar surface area (TPSA) is 67.2 Å². The molecule has 0 fully saturated rings. The molecule has 0 saturated carbocycles. The van der Waals surface area contributed by atoms with E-state index in [-0.39, 0.29) is 6.03 Å². The van der Waals surface area contributed by atoms with Crippen molar-refractivity contribution in [2.24, 2.45) is 0 Å². The summed E-state index contributed by atoms with van der Waals surface area (Å²) in [6.07, 6.45) is 6.82. The third-order valence-electron chi connectivity index (χ3n) is 4.42. The van der Waals surface area contributed by atoms with Crippen molar-refractivity contribution in [3.05, 3.63) is 90.6 Å². The van der Waals surface area contributed by atoms with Gasteiger partial charge in [-0.3, -0.25) is 4.98 Å². The second-order valence-corrected chi connectivity index (χ2v) is 6.27. The average Bonchev–Trinajstić information content (AvgIpc) is 3.26. The van der Waals surface area contributed by atoms with E-state index in [4.69, 9.17) is 4.42 Å². The lowest BCUT2D eigenvalue weighted by Gasteiger charge is -2.10. The third-order valence-corrected chi connectivity index (χ3v) is 4.42. The number of pyridine rings is 1. The van der Waals surface area contributed by atoms with Gasteiger partial charge >= 0.3 is 6.03 Å². The molecule has 0 spiro atoms. The Morgan fingerprint density at radius 3 is 2.67 bits per heavy atom. The molecule has 0 radical (unpaired) electrons. The molecule has 0 aliphatic heterocycles. The molecule has 5 nitrogen and oxygen atoms in total. The first-order valence-electron chi connectivity index (χ1n) is 8.74. The number of urea groups is 1. The summed E-state index contributed by atoms with van der Waals surface area (Å²) in [5, 5.41) is 8.11. The van der Waals surface area contributed by atoms with Crippen LogP contribution in [0.1, 0.15) is 11.1 Å². The molecule has 4 rings (SSSR count). The van der Waals surface area contributed by atoms with E-state index in [9.17, 15) is 4.79 Å². The standard InChI is InChI=1S/C22H19N3O2/c26-22(25-14-18-6-3-5-17-4-1-2-7-21(17)18)24-12-16-10-20(13-23-11-16)19-8-9-27-15-19/h1-11,13,15H,12,14H2,(H2,24,25,26). The Kier molecular flexibility index (Phi) is 4.83. The average molecular weight is 357 g/mol. The van der Waals surface area contributed by atoms with E-state index in [1.54, 1.807) is 24.9 Å². The van der Waals surface area contributed by atoms with Crippen molar-refractivity contribution in [1.82, 2.24) is 15.6 Å². The Morgan fingerprint density at radius 2 is 1.78 bits per heavy atom. The summed E-state index contributed by atoms with van der Waals surface area (Å²) in [6, 6.07) is 17.9. The fourth-order valence-corrected chi connectivity index (χ4v) is 3.04. The van der Waals surface area contributed by atoms with Gasteiger partial charge in [0.05, 0.1) is 12.5 Å². The largest absolute Gasteiger partial charge is 0.472 e. The molecule has 2 heterocycles. The van der Waals surface area contributed by atoms with Crippen molar-refractivity contribution >= 4 is 16.8 Å². The molecule has 0 bridgehead atoms. The first kappa shape index (κ1) is 16.8. The quantitative estimate of drug-likeness (QED) is 0.553. The Morgan fingerprint density at radius 1 is 0.926 bits per heavy atom. The first-order chi connectivity index (χ1) is 13.3. The lowest BCUT2D eigenvalue weighted by molar-refractivity contribution is 0.240. The molecule has 0 aliphatic carbocycles. The number of hydrogen-bond donors (Lipinski definition) is 2. The molecule has 2 amide bonds. The highest BCUT2D eigenvalue weighted by Crippen LogP contribution is 2.20. The van der Waals surface area contributed by atoms with Crippen LogP contribution in [0.4, 0.5) is 4.79 Å². The second kappa shape index (κ2) is 7.74. The first-order valence-corrected chi connectivity index (χ1v) is 8.74. The fourth-order valence-electron chi connectivity index (χ4n) is 3.04. The molecule has 0 atom stereocenters. The monoisotopic (exact) mass is 357 g/mol. The molecular formula is C22H19N3O2. The van der Waals surface area contributed by atoms with Gasteiger partial charge in [-0.15, -0.1) is 0 Å². The lowest BCUT2D eigenvalue weighted by atomic mass is 10.0. The number of nitrogens with zero attached hydrogens (tertiary/aromatic N) is 1. The van der Waals surface area contributed by atoms with Crippen molar-refractivity contribution in [1.29, 1.82) is 0 Å². The number of carbonyl (C=O) groups is 1. The van der Waals surface area contributed by atoms with Crippen LogP contribution in [-0.4, -0.2) is 11.0 Å². The second-order valence-electron chi connectivity index (χ2n) is 6.27. The molecule has 2 aromatic carbocycles. The van der Waals surface area contributed by atoms with Crippen LogP contribution in [0.2, 0.25) is 0 Å². The maximum absolute atomic E-state index is 12.2.